The van der Waals surface area contributed by atoms with E-state index in [1.807, 2.05) is 0 Å². The summed E-state index contributed by atoms with van der Waals surface area (Å²) in [6.45, 7) is 33.8. The summed E-state index contributed by atoms with van der Waals surface area (Å²) in [6, 6.07) is 24.4. The number of hydrogen-bond donors (Lipinski definition) is 0. The third kappa shape index (κ3) is 5.96. The maximum atomic E-state index is 2.71. The minimum absolute atomic E-state index is 0.0553. The van der Waals surface area contributed by atoms with Crippen LogP contribution in [0.4, 0.5) is 0 Å². The lowest BCUT2D eigenvalue weighted by atomic mass is 9.78. The zero-order valence-electron chi connectivity index (χ0n) is 34.2. The Labute approximate surface area is 311 Å². The van der Waals surface area contributed by atoms with E-state index in [1.165, 1.54) is 74.9 Å². The lowest BCUT2D eigenvalue weighted by Crippen LogP contribution is -2.42. The Morgan fingerprint density at radius 2 is 1.00 bits per heavy atom. The number of hydrogen-bond acceptors (Lipinski definition) is 0. The van der Waals surface area contributed by atoms with Crippen LogP contribution in [-0.2, 0) is 29.1 Å². The maximum absolute atomic E-state index is 2.71. The highest BCUT2D eigenvalue weighted by molar-refractivity contribution is 6.81. The monoisotopic (exact) mass is 690 g/mol. The molecule has 0 aromatic heterocycles. The van der Waals surface area contributed by atoms with Crippen LogP contribution >= 0.6 is 0 Å². The van der Waals surface area contributed by atoms with E-state index in [4.69, 9.17) is 0 Å². The average Bonchev–Trinajstić information content (AvgIpc) is 3.72. The predicted molar refractivity (Wildman–Crippen MR) is 227 cm³/mol. The number of aryl methyl sites for hydroxylation is 1. The van der Waals surface area contributed by atoms with Gasteiger partial charge in [-0.25, -0.2) is 0 Å². The van der Waals surface area contributed by atoms with Crippen molar-refractivity contribution in [2.24, 2.45) is 0 Å². The third-order valence-corrected chi connectivity index (χ3v) is 17.3. The molecule has 2 atom stereocenters. The van der Waals surface area contributed by atoms with E-state index >= 15 is 0 Å². The quantitative estimate of drug-likeness (QED) is 0.187. The van der Waals surface area contributed by atoms with Gasteiger partial charge in [0.15, 0.2) is 0 Å². The Balaban J connectivity index is 1.38. The molecule has 0 radical (unpaired) electrons. The molecule has 4 aromatic carbocycles. The molecule has 51 heavy (non-hydrogen) atoms. The van der Waals surface area contributed by atoms with Gasteiger partial charge in [0.05, 0.1) is 8.07 Å². The number of benzene rings is 4. The van der Waals surface area contributed by atoms with Crippen molar-refractivity contribution in [2.75, 3.05) is 0 Å². The second kappa shape index (κ2) is 12.1. The molecule has 2 unspecified atom stereocenters. The van der Waals surface area contributed by atoms with Gasteiger partial charge in [-0.3, -0.25) is 0 Å². The van der Waals surface area contributed by atoms with Crippen LogP contribution in [0, 0.1) is 6.92 Å². The van der Waals surface area contributed by atoms with Crippen molar-refractivity contribution in [3.63, 3.8) is 0 Å². The minimum atomic E-state index is -2.05. The molecule has 7 rings (SSSR count). The molecule has 1 heteroatoms. The van der Waals surface area contributed by atoms with Crippen molar-refractivity contribution in [3.05, 3.63) is 127 Å². The topological polar surface area (TPSA) is 0 Å². The zero-order valence-corrected chi connectivity index (χ0v) is 35.2. The molecular weight excluding hydrogens is 629 g/mol. The molecule has 0 spiro atoms. The van der Waals surface area contributed by atoms with Crippen molar-refractivity contribution in [2.45, 2.75) is 143 Å². The highest BCUT2D eigenvalue weighted by atomic mass is 28.3. The summed E-state index contributed by atoms with van der Waals surface area (Å²) in [4.78, 5) is 0. The van der Waals surface area contributed by atoms with Crippen molar-refractivity contribution >= 4 is 20.2 Å². The van der Waals surface area contributed by atoms with E-state index in [9.17, 15) is 0 Å². The average molecular weight is 691 g/mol. The second-order valence-corrected chi connectivity index (χ2v) is 24.8. The largest absolute Gasteiger partial charge is 0.0722 e. The molecule has 0 N–H and O–H groups in total. The highest BCUT2D eigenvalue weighted by Crippen LogP contribution is 2.56. The molecule has 0 amide bonds. The van der Waals surface area contributed by atoms with Crippen LogP contribution in [0.5, 0.6) is 0 Å². The van der Waals surface area contributed by atoms with E-state index < -0.39 is 8.07 Å². The highest BCUT2D eigenvalue weighted by Gasteiger charge is 2.48. The van der Waals surface area contributed by atoms with Crippen LogP contribution < -0.4 is 0 Å². The van der Waals surface area contributed by atoms with Crippen LogP contribution in [0.2, 0.25) is 13.1 Å². The molecule has 0 heterocycles. The van der Waals surface area contributed by atoms with Gasteiger partial charge in [0.25, 0.3) is 0 Å². The standard InChI is InChI=1S/C50H62Si/c1-30-26-39-42(29-43(50(10,11)12)32(3)44(39)33-18-22-36(23-19-33)48(4,5)6)47(30)51(13,14)46-31(2)27-40-41(46)28-35-16-15-17-38(35)45(40)34-20-24-37(25-21-34)49(7,8)9/h18-29,46-47H,15-17H2,1-14H3. The fourth-order valence-electron chi connectivity index (χ4n) is 10.4. The van der Waals surface area contributed by atoms with E-state index in [0.717, 1.165) is 0 Å². The van der Waals surface area contributed by atoms with Gasteiger partial charge < -0.3 is 0 Å². The summed E-state index contributed by atoms with van der Waals surface area (Å²) in [5, 5.41) is 0. The van der Waals surface area contributed by atoms with E-state index in [2.05, 4.69) is 169 Å². The summed E-state index contributed by atoms with van der Waals surface area (Å²) in [7, 11) is -2.05. The molecule has 0 saturated heterocycles. The van der Waals surface area contributed by atoms with Gasteiger partial charge in [-0.15, -0.1) is 0 Å². The van der Waals surface area contributed by atoms with E-state index in [1.54, 1.807) is 33.4 Å². The lowest BCUT2D eigenvalue weighted by molar-refractivity contribution is 0.585. The summed E-state index contributed by atoms with van der Waals surface area (Å²) < 4.78 is 0. The second-order valence-electron chi connectivity index (χ2n) is 20.0. The first-order valence-electron chi connectivity index (χ1n) is 19.6. The normalized spacial score (nSPS) is 18.8. The Morgan fingerprint density at radius 3 is 1.47 bits per heavy atom. The Kier molecular flexibility index (Phi) is 8.50. The molecule has 0 nitrogen and oxygen atoms in total. The maximum Gasteiger partial charge on any atom is 0.0722 e. The molecule has 3 aliphatic carbocycles. The van der Waals surface area contributed by atoms with Gasteiger partial charge in [-0.05, 0) is 134 Å². The fourth-order valence-corrected chi connectivity index (χ4v) is 15.3. The Morgan fingerprint density at radius 1 is 0.549 bits per heavy atom. The zero-order chi connectivity index (χ0) is 37.0. The molecule has 0 bridgehead atoms. The number of rotatable bonds is 4. The van der Waals surface area contributed by atoms with Crippen molar-refractivity contribution in [3.8, 4) is 22.3 Å². The summed E-state index contributed by atoms with van der Waals surface area (Å²) in [5.41, 5.74) is 25.3. The van der Waals surface area contributed by atoms with Gasteiger partial charge in [-0.1, -0.05) is 159 Å². The SMILES string of the molecule is CC1=Cc2c(cc(C(C)(C)C)c(C)c2-c2ccc(C(C)(C)C)cc2)C1[Si](C)(C)C1C(C)=Cc2c1cc1c(c2-c2ccc(C(C)(C)C)cc2)CCC1. The van der Waals surface area contributed by atoms with Crippen LogP contribution in [-0.4, -0.2) is 8.07 Å². The van der Waals surface area contributed by atoms with Crippen LogP contribution in [0.3, 0.4) is 0 Å². The Hall–Kier alpha value is -3.42. The lowest BCUT2D eigenvalue weighted by Gasteiger charge is -2.40. The van der Waals surface area contributed by atoms with E-state index in [-0.39, 0.29) is 16.2 Å². The molecule has 0 fully saturated rings. The van der Waals surface area contributed by atoms with Gasteiger partial charge in [0.1, 0.15) is 0 Å². The smallest absolute Gasteiger partial charge is 0.0679 e. The van der Waals surface area contributed by atoms with Crippen LogP contribution in [0.15, 0.2) is 71.8 Å². The van der Waals surface area contributed by atoms with Crippen molar-refractivity contribution < 1.29 is 0 Å². The summed E-state index contributed by atoms with van der Waals surface area (Å²) >= 11 is 0. The van der Waals surface area contributed by atoms with E-state index in [0.29, 0.717) is 11.1 Å². The fraction of sp³-hybridized carbons (Fsp3) is 0.440. The predicted octanol–water partition coefficient (Wildman–Crippen LogP) is 14.2. The van der Waals surface area contributed by atoms with Gasteiger partial charge in [0.2, 0.25) is 0 Å². The number of fused-ring (bicyclic) bond motifs is 3. The van der Waals surface area contributed by atoms with Crippen molar-refractivity contribution in [1.29, 1.82) is 0 Å². The molecular formula is C50H62Si. The van der Waals surface area contributed by atoms with Crippen LogP contribution in [0.25, 0.3) is 34.4 Å². The van der Waals surface area contributed by atoms with Gasteiger partial charge >= 0.3 is 0 Å². The first-order chi connectivity index (χ1) is 23.7. The van der Waals surface area contributed by atoms with Gasteiger partial charge in [0, 0.05) is 11.1 Å². The third-order valence-electron chi connectivity index (χ3n) is 12.8. The molecule has 0 saturated carbocycles. The van der Waals surface area contributed by atoms with Gasteiger partial charge in [-0.2, -0.15) is 0 Å². The molecule has 0 aliphatic heterocycles. The number of allylic oxidation sites excluding steroid dienone is 2. The summed E-state index contributed by atoms with van der Waals surface area (Å²) in [5.74, 6) is 0. The van der Waals surface area contributed by atoms with Crippen LogP contribution in [0.1, 0.15) is 149 Å². The first kappa shape index (κ1) is 36.0. The van der Waals surface area contributed by atoms with Crippen molar-refractivity contribution in [1.82, 2.24) is 0 Å². The summed E-state index contributed by atoms with van der Waals surface area (Å²) in [6.07, 6.45) is 8.86. The Bertz CT molecular complexity index is 2090. The first-order valence-corrected chi connectivity index (χ1v) is 22.8. The minimum Gasteiger partial charge on any atom is -0.0679 e. The molecule has 266 valence electrons. The molecule has 3 aliphatic rings. The molecule has 4 aromatic rings.